The van der Waals surface area contributed by atoms with Gasteiger partial charge in [-0.3, -0.25) is 0 Å². The van der Waals surface area contributed by atoms with Gasteiger partial charge in [0.25, 0.3) is 0 Å². The molecule has 0 aliphatic heterocycles. The Bertz CT molecular complexity index is 354. The van der Waals surface area contributed by atoms with E-state index in [-0.39, 0.29) is 6.04 Å². The van der Waals surface area contributed by atoms with E-state index in [9.17, 15) is 4.79 Å². The second-order valence-electron chi connectivity index (χ2n) is 4.09. The fourth-order valence-corrected chi connectivity index (χ4v) is 2.42. The molecule has 0 N–H and O–H groups in total. The summed E-state index contributed by atoms with van der Waals surface area (Å²) in [5, 5.41) is 0. The highest BCUT2D eigenvalue weighted by molar-refractivity contribution is 5.35. The Morgan fingerprint density at radius 2 is 1.87 bits per heavy atom. The molecule has 1 saturated carbocycles. The van der Waals surface area contributed by atoms with Gasteiger partial charge in [-0.25, -0.2) is 9.79 Å². The number of isocyanates is 1. The average molecular weight is 201 g/mol. The number of benzene rings is 1. The normalized spacial score (nSPS) is 25.6. The Balaban J connectivity index is 2.21. The van der Waals surface area contributed by atoms with Crippen molar-refractivity contribution >= 4 is 6.08 Å². The Hall–Kier alpha value is -1.40. The highest BCUT2D eigenvalue weighted by Crippen LogP contribution is 2.34. The number of aliphatic imine (C=N–C) groups is 1. The van der Waals surface area contributed by atoms with Gasteiger partial charge in [0.05, 0.1) is 6.04 Å². The minimum atomic E-state index is 0.152. The lowest BCUT2D eigenvalue weighted by Crippen LogP contribution is -2.21. The van der Waals surface area contributed by atoms with Crippen LogP contribution in [0.4, 0.5) is 0 Å². The highest BCUT2D eigenvalue weighted by Gasteiger charge is 2.25. The van der Waals surface area contributed by atoms with E-state index in [0.29, 0.717) is 5.92 Å². The van der Waals surface area contributed by atoms with Gasteiger partial charge in [-0.2, -0.15) is 0 Å². The maximum absolute atomic E-state index is 10.4. The first kappa shape index (κ1) is 10.1. The van der Waals surface area contributed by atoms with E-state index < -0.39 is 0 Å². The van der Waals surface area contributed by atoms with Crippen LogP contribution in [-0.2, 0) is 4.79 Å². The fourth-order valence-electron chi connectivity index (χ4n) is 2.42. The van der Waals surface area contributed by atoms with Crippen LogP contribution in [0, 0.1) is 0 Å². The molecule has 2 heteroatoms. The van der Waals surface area contributed by atoms with Gasteiger partial charge in [-0.15, -0.1) is 0 Å². The molecule has 2 rings (SSSR count). The quantitative estimate of drug-likeness (QED) is 0.534. The molecule has 2 nitrogen and oxygen atoms in total. The molecule has 78 valence electrons. The van der Waals surface area contributed by atoms with Crippen molar-refractivity contribution in [3.63, 3.8) is 0 Å². The molecule has 0 saturated heterocycles. The summed E-state index contributed by atoms with van der Waals surface area (Å²) in [6.45, 7) is 0. The molecule has 1 fully saturated rings. The third kappa shape index (κ3) is 2.34. The van der Waals surface area contributed by atoms with Crippen LogP contribution in [0.25, 0.3) is 0 Å². The lowest BCUT2D eigenvalue weighted by molar-refractivity contribution is 0.385. The van der Waals surface area contributed by atoms with Crippen molar-refractivity contribution < 1.29 is 4.79 Å². The Morgan fingerprint density at radius 1 is 1.13 bits per heavy atom. The summed E-state index contributed by atoms with van der Waals surface area (Å²) in [5.41, 5.74) is 1.31. The average Bonchev–Trinajstić information content (AvgIpc) is 2.31. The third-order valence-electron chi connectivity index (χ3n) is 3.18. The summed E-state index contributed by atoms with van der Waals surface area (Å²) in [5.74, 6) is 0.418. The Morgan fingerprint density at radius 3 is 2.60 bits per heavy atom. The van der Waals surface area contributed by atoms with E-state index in [1.165, 1.54) is 18.4 Å². The van der Waals surface area contributed by atoms with Crippen molar-refractivity contribution in [3.05, 3.63) is 35.9 Å². The van der Waals surface area contributed by atoms with E-state index in [4.69, 9.17) is 0 Å². The summed E-state index contributed by atoms with van der Waals surface area (Å²) in [6.07, 6.45) is 6.29. The maximum atomic E-state index is 10.4. The summed E-state index contributed by atoms with van der Waals surface area (Å²) in [4.78, 5) is 14.3. The molecular weight excluding hydrogens is 186 g/mol. The zero-order valence-electron chi connectivity index (χ0n) is 8.73. The van der Waals surface area contributed by atoms with Gasteiger partial charge in [0.2, 0.25) is 6.08 Å². The summed E-state index contributed by atoms with van der Waals surface area (Å²) in [6, 6.07) is 10.5. The topological polar surface area (TPSA) is 29.4 Å². The van der Waals surface area contributed by atoms with Crippen molar-refractivity contribution in [1.82, 2.24) is 0 Å². The van der Waals surface area contributed by atoms with Crippen molar-refractivity contribution in [3.8, 4) is 0 Å². The Labute approximate surface area is 90.0 Å². The van der Waals surface area contributed by atoms with Crippen molar-refractivity contribution in [2.45, 2.75) is 37.6 Å². The molecular formula is C13H15NO. The predicted molar refractivity (Wildman–Crippen MR) is 59.6 cm³/mol. The lowest BCUT2D eigenvalue weighted by Gasteiger charge is -2.27. The van der Waals surface area contributed by atoms with Crippen LogP contribution in [-0.4, -0.2) is 12.1 Å². The number of nitrogens with zero attached hydrogens (tertiary/aromatic N) is 1. The van der Waals surface area contributed by atoms with E-state index in [1.807, 2.05) is 18.2 Å². The first-order valence-corrected chi connectivity index (χ1v) is 5.54. The fraction of sp³-hybridized carbons (Fsp3) is 0.462. The summed E-state index contributed by atoms with van der Waals surface area (Å²) < 4.78 is 0. The first-order valence-electron chi connectivity index (χ1n) is 5.54. The van der Waals surface area contributed by atoms with Crippen molar-refractivity contribution in [2.75, 3.05) is 0 Å². The van der Waals surface area contributed by atoms with Crippen molar-refractivity contribution in [2.24, 2.45) is 4.99 Å². The van der Waals surface area contributed by atoms with Gasteiger partial charge in [0.1, 0.15) is 0 Å². The van der Waals surface area contributed by atoms with Gasteiger partial charge in [0.15, 0.2) is 0 Å². The number of rotatable bonds is 2. The van der Waals surface area contributed by atoms with E-state index >= 15 is 0 Å². The molecule has 0 aromatic heterocycles. The monoisotopic (exact) mass is 201 g/mol. The minimum absolute atomic E-state index is 0.152. The third-order valence-corrected chi connectivity index (χ3v) is 3.18. The number of hydrogen-bond acceptors (Lipinski definition) is 2. The molecule has 0 bridgehead atoms. The van der Waals surface area contributed by atoms with E-state index in [0.717, 1.165) is 12.8 Å². The van der Waals surface area contributed by atoms with Crippen LogP contribution < -0.4 is 0 Å². The van der Waals surface area contributed by atoms with Gasteiger partial charge >= 0.3 is 0 Å². The van der Waals surface area contributed by atoms with Gasteiger partial charge in [-0.1, -0.05) is 43.2 Å². The molecule has 1 aliphatic rings. The van der Waals surface area contributed by atoms with Crippen LogP contribution in [0.1, 0.15) is 37.2 Å². The van der Waals surface area contributed by atoms with Crippen molar-refractivity contribution in [1.29, 1.82) is 0 Å². The zero-order valence-corrected chi connectivity index (χ0v) is 8.73. The second-order valence-corrected chi connectivity index (χ2v) is 4.09. The molecule has 0 spiro atoms. The molecule has 1 aromatic carbocycles. The standard InChI is InChI=1S/C13H15NO/c15-10-14-13-9-5-4-8-12(13)11-6-2-1-3-7-11/h1-3,6-7,12-13H,4-5,8-9H2/t12-,13+/m0/s1. The molecule has 15 heavy (non-hydrogen) atoms. The van der Waals surface area contributed by atoms with E-state index in [1.54, 1.807) is 6.08 Å². The van der Waals surface area contributed by atoms with Crippen LogP contribution in [0.15, 0.2) is 35.3 Å². The smallest absolute Gasteiger partial charge is 0.211 e. The predicted octanol–water partition coefficient (Wildman–Crippen LogP) is 3.05. The summed E-state index contributed by atoms with van der Waals surface area (Å²) >= 11 is 0. The minimum Gasteiger partial charge on any atom is -0.211 e. The maximum Gasteiger partial charge on any atom is 0.235 e. The van der Waals surface area contributed by atoms with Crippen LogP contribution in [0.5, 0.6) is 0 Å². The SMILES string of the molecule is O=C=N[C@@H]1CCCC[C@H]1c1ccccc1. The first-order chi connectivity index (χ1) is 7.42. The van der Waals surface area contributed by atoms with E-state index in [2.05, 4.69) is 17.1 Å². The molecule has 1 aromatic rings. The molecule has 2 atom stereocenters. The lowest BCUT2D eigenvalue weighted by atomic mass is 9.80. The molecule has 0 amide bonds. The molecule has 0 unspecified atom stereocenters. The van der Waals surface area contributed by atoms with Gasteiger partial charge in [0, 0.05) is 5.92 Å². The summed E-state index contributed by atoms with van der Waals surface area (Å²) in [7, 11) is 0. The Kier molecular flexibility index (Phi) is 3.31. The molecule has 1 aliphatic carbocycles. The zero-order chi connectivity index (χ0) is 10.5. The van der Waals surface area contributed by atoms with Gasteiger partial charge in [-0.05, 0) is 18.4 Å². The number of carbonyl (C=O) groups excluding carboxylic acids is 1. The molecule has 0 radical (unpaired) electrons. The van der Waals surface area contributed by atoms with Crippen LogP contribution in [0.2, 0.25) is 0 Å². The van der Waals surface area contributed by atoms with Crippen LogP contribution >= 0.6 is 0 Å². The van der Waals surface area contributed by atoms with Gasteiger partial charge < -0.3 is 0 Å². The highest BCUT2D eigenvalue weighted by atomic mass is 16.1. The molecule has 0 heterocycles. The second kappa shape index (κ2) is 4.90. The largest absolute Gasteiger partial charge is 0.235 e. The van der Waals surface area contributed by atoms with Crippen LogP contribution in [0.3, 0.4) is 0 Å². The number of hydrogen-bond donors (Lipinski definition) is 0.